The van der Waals surface area contributed by atoms with E-state index in [0.717, 1.165) is 64.2 Å². The molecule has 0 aliphatic heterocycles. The fourth-order valence-electron chi connectivity index (χ4n) is 5.55. The summed E-state index contributed by atoms with van der Waals surface area (Å²) in [6.07, 6.45) is 13.0. The molecule has 2 amide bonds. The third-order valence-electron chi connectivity index (χ3n) is 8.81. The van der Waals surface area contributed by atoms with Crippen molar-refractivity contribution in [2.45, 2.75) is 147 Å². The van der Waals surface area contributed by atoms with Crippen molar-refractivity contribution >= 4 is 41.3 Å². The number of ether oxygens (including phenoxy) is 2. The third kappa shape index (κ3) is 32.9. The van der Waals surface area contributed by atoms with Gasteiger partial charge in [-0.15, -0.1) is 0 Å². The second-order valence-corrected chi connectivity index (χ2v) is 13.5. The SMILES string of the molecule is CN[C@@H](CCCCNC(=O)CC[C@H](CC(=O)CCC(=O)NCCCOCCOCCCCC(=O)CCCCCCCCCCC(=O)O)C(=O)O)C(=O)O. The number of amides is 2. The van der Waals surface area contributed by atoms with Gasteiger partial charge in [0.1, 0.15) is 17.6 Å². The van der Waals surface area contributed by atoms with Gasteiger partial charge in [-0.05, 0) is 64.8 Å². The molecule has 0 saturated carbocycles. The molecule has 2 atom stereocenters. The van der Waals surface area contributed by atoms with Crippen LogP contribution in [-0.2, 0) is 43.0 Å². The molecule has 0 bridgehead atoms. The van der Waals surface area contributed by atoms with E-state index in [1.165, 1.54) is 0 Å². The molecule has 0 aliphatic rings. The van der Waals surface area contributed by atoms with E-state index in [4.69, 9.17) is 19.7 Å². The molecule has 6 N–H and O–H groups in total. The molecule has 0 radical (unpaired) electrons. The predicted molar refractivity (Wildman–Crippen MR) is 198 cm³/mol. The highest BCUT2D eigenvalue weighted by Crippen LogP contribution is 2.15. The van der Waals surface area contributed by atoms with E-state index < -0.39 is 29.9 Å². The zero-order chi connectivity index (χ0) is 39.5. The summed E-state index contributed by atoms with van der Waals surface area (Å²) in [7, 11) is 1.57. The van der Waals surface area contributed by atoms with Crippen LogP contribution in [0.25, 0.3) is 0 Å². The minimum Gasteiger partial charge on any atom is -0.481 e. The third-order valence-corrected chi connectivity index (χ3v) is 8.81. The molecule has 0 aromatic heterocycles. The number of unbranched alkanes of at least 4 members (excludes halogenated alkanes) is 9. The van der Waals surface area contributed by atoms with Crippen molar-refractivity contribution in [1.82, 2.24) is 16.0 Å². The molecule has 0 aliphatic carbocycles. The first-order valence-corrected chi connectivity index (χ1v) is 19.5. The average Bonchev–Trinajstić information content (AvgIpc) is 3.11. The Morgan fingerprint density at radius 2 is 1.02 bits per heavy atom. The molecule has 53 heavy (non-hydrogen) atoms. The second kappa shape index (κ2) is 34.3. The number of Topliss-reactive ketones (excluding diaryl/α,β-unsaturated/α-hetero) is 2. The first-order valence-electron chi connectivity index (χ1n) is 19.5. The van der Waals surface area contributed by atoms with Gasteiger partial charge in [0.05, 0.1) is 19.1 Å². The monoisotopic (exact) mass is 757 g/mol. The fraction of sp³-hybridized carbons (Fsp3) is 0.816. The fourth-order valence-corrected chi connectivity index (χ4v) is 5.55. The van der Waals surface area contributed by atoms with E-state index in [2.05, 4.69) is 16.0 Å². The zero-order valence-corrected chi connectivity index (χ0v) is 32.0. The summed E-state index contributed by atoms with van der Waals surface area (Å²) < 4.78 is 11.1. The first-order chi connectivity index (χ1) is 25.5. The molecule has 15 heteroatoms. The summed E-state index contributed by atoms with van der Waals surface area (Å²) in [4.78, 5) is 81.7. The highest BCUT2D eigenvalue weighted by Gasteiger charge is 2.22. The molecule has 15 nitrogen and oxygen atoms in total. The van der Waals surface area contributed by atoms with Crippen LogP contribution in [-0.4, -0.2) is 109 Å². The molecule has 0 fully saturated rings. The maximum absolute atomic E-state index is 12.3. The van der Waals surface area contributed by atoms with Gasteiger partial charge in [0, 0.05) is 71.2 Å². The highest BCUT2D eigenvalue weighted by atomic mass is 16.5. The zero-order valence-electron chi connectivity index (χ0n) is 32.0. The van der Waals surface area contributed by atoms with Gasteiger partial charge < -0.3 is 40.7 Å². The molecule has 0 spiro atoms. The second-order valence-electron chi connectivity index (χ2n) is 13.5. The van der Waals surface area contributed by atoms with Crippen LogP contribution >= 0.6 is 0 Å². The number of carboxylic acid groups (broad SMARTS) is 3. The van der Waals surface area contributed by atoms with Crippen molar-refractivity contribution in [3.8, 4) is 0 Å². The summed E-state index contributed by atoms with van der Waals surface area (Å²) in [6, 6.07) is -0.643. The van der Waals surface area contributed by atoms with Crippen LogP contribution in [0.5, 0.6) is 0 Å². The smallest absolute Gasteiger partial charge is 0.320 e. The molecule has 0 aromatic carbocycles. The number of likely N-dealkylation sites (N-methyl/N-ethyl adjacent to an activating group) is 1. The van der Waals surface area contributed by atoms with Crippen LogP contribution in [0.2, 0.25) is 0 Å². The number of rotatable bonds is 39. The Morgan fingerprint density at radius 1 is 0.491 bits per heavy atom. The Balaban J connectivity index is 3.71. The minimum absolute atomic E-state index is 0.00399. The number of aliphatic carboxylic acids is 3. The molecular weight excluding hydrogens is 690 g/mol. The van der Waals surface area contributed by atoms with E-state index in [1.807, 2.05) is 0 Å². The quantitative estimate of drug-likeness (QED) is 0.0477. The lowest BCUT2D eigenvalue weighted by Gasteiger charge is -2.12. The summed E-state index contributed by atoms with van der Waals surface area (Å²) in [5, 5.41) is 35.2. The van der Waals surface area contributed by atoms with E-state index in [1.54, 1.807) is 7.05 Å². The maximum Gasteiger partial charge on any atom is 0.320 e. The minimum atomic E-state index is -1.17. The number of carbonyl (C=O) groups is 7. The van der Waals surface area contributed by atoms with Crippen molar-refractivity contribution in [2.75, 3.05) is 46.6 Å². The molecular formula is C38H67N3O12. The van der Waals surface area contributed by atoms with Gasteiger partial charge in [-0.2, -0.15) is 0 Å². The normalized spacial score (nSPS) is 12.2. The van der Waals surface area contributed by atoms with E-state index in [9.17, 15) is 38.7 Å². The van der Waals surface area contributed by atoms with Crippen LogP contribution in [0.15, 0.2) is 0 Å². The lowest BCUT2D eigenvalue weighted by atomic mass is 9.95. The Labute approximate surface area is 315 Å². The lowest BCUT2D eigenvalue weighted by molar-refractivity contribution is -0.144. The van der Waals surface area contributed by atoms with Crippen LogP contribution in [0.1, 0.15) is 141 Å². The van der Waals surface area contributed by atoms with Crippen molar-refractivity contribution < 1.29 is 58.4 Å². The lowest BCUT2D eigenvalue weighted by Crippen LogP contribution is -2.34. The van der Waals surface area contributed by atoms with Crippen molar-refractivity contribution in [2.24, 2.45) is 5.92 Å². The number of ketones is 2. The topological polar surface area (TPSA) is 235 Å². The van der Waals surface area contributed by atoms with Crippen LogP contribution in [0, 0.1) is 5.92 Å². The number of hydrogen-bond donors (Lipinski definition) is 6. The highest BCUT2D eigenvalue weighted by molar-refractivity contribution is 5.87. The molecule has 306 valence electrons. The van der Waals surface area contributed by atoms with E-state index in [0.29, 0.717) is 83.8 Å². The Bertz CT molecular complexity index is 1060. The standard InChI is InChI=1S/C38H67N3O12/c1-39-33(38(50)51)17-10-12-23-40-34(44)21-19-30(37(48)49)29-32(43)20-22-35(45)41-24-14-26-53-28-27-52-25-13-11-16-31(42)15-8-6-4-2-3-5-7-9-18-36(46)47/h30,33,39H,2-29H2,1H3,(H,40,44)(H,41,45)(H,46,47)(H,48,49)(H,50,51)/t30-,33+/m1/s1. The van der Waals surface area contributed by atoms with Gasteiger partial charge in [0.2, 0.25) is 11.8 Å². The summed E-state index contributed by atoms with van der Waals surface area (Å²) in [5.41, 5.74) is 0. The van der Waals surface area contributed by atoms with Crippen LogP contribution in [0.4, 0.5) is 0 Å². The van der Waals surface area contributed by atoms with Gasteiger partial charge in [-0.3, -0.25) is 33.6 Å². The van der Waals surface area contributed by atoms with Crippen molar-refractivity contribution in [1.29, 1.82) is 0 Å². The number of nitrogens with one attached hydrogen (secondary N) is 3. The summed E-state index contributed by atoms with van der Waals surface area (Å²) >= 11 is 0. The maximum atomic E-state index is 12.3. The number of hydrogen-bond acceptors (Lipinski definition) is 10. The van der Waals surface area contributed by atoms with Gasteiger partial charge in [-0.25, -0.2) is 0 Å². The van der Waals surface area contributed by atoms with Crippen molar-refractivity contribution in [3.63, 3.8) is 0 Å². The average molecular weight is 758 g/mol. The van der Waals surface area contributed by atoms with Crippen LogP contribution < -0.4 is 16.0 Å². The van der Waals surface area contributed by atoms with E-state index in [-0.39, 0.29) is 56.1 Å². The predicted octanol–water partition coefficient (Wildman–Crippen LogP) is 4.43. The Morgan fingerprint density at radius 3 is 1.58 bits per heavy atom. The largest absolute Gasteiger partial charge is 0.481 e. The van der Waals surface area contributed by atoms with E-state index >= 15 is 0 Å². The summed E-state index contributed by atoms with van der Waals surface area (Å²) in [5.74, 6) is -4.56. The molecule has 0 saturated heterocycles. The van der Waals surface area contributed by atoms with Crippen LogP contribution in [0.3, 0.4) is 0 Å². The molecule has 0 unspecified atom stereocenters. The Kier molecular flexibility index (Phi) is 32.1. The number of carboxylic acids is 3. The molecule has 0 rings (SSSR count). The van der Waals surface area contributed by atoms with Gasteiger partial charge in [0.25, 0.3) is 0 Å². The molecule has 0 heterocycles. The first kappa shape index (κ1) is 49.6. The molecule has 0 aromatic rings. The van der Waals surface area contributed by atoms with Gasteiger partial charge in [0.15, 0.2) is 0 Å². The van der Waals surface area contributed by atoms with Crippen molar-refractivity contribution in [3.05, 3.63) is 0 Å². The number of carbonyl (C=O) groups excluding carboxylic acids is 4. The Hall–Kier alpha value is -3.43. The van der Waals surface area contributed by atoms with Gasteiger partial charge >= 0.3 is 17.9 Å². The van der Waals surface area contributed by atoms with Gasteiger partial charge in [-0.1, -0.05) is 38.5 Å². The summed E-state index contributed by atoms with van der Waals surface area (Å²) in [6.45, 7) is 2.58.